The highest BCUT2D eigenvalue weighted by Gasteiger charge is 2.20. The van der Waals surface area contributed by atoms with Crippen molar-refractivity contribution in [2.75, 3.05) is 6.54 Å². The van der Waals surface area contributed by atoms with Crippen LogP contribution >= 0.6 is 0 Å². The van der Waals surface area contributed by atoms with Gasteiger partial charge in [-0.1, -0.05) is 19.8 Å². The van der Waals surface area contributed by atoms with E-state index in [1.165, 1.54) is 12.8 Å². The van der Waals surface area contributed by atoms with Crippen molar-refractivity contribution in [3.05, 3.63) is 0 Å². The minimum Gasteiger partial charge on any atom is -0.481 e. The zero-order valence-electron chi connectivity index (χ0n) is 11.3. The van der Waals surface area contributed by atoms with Crippen LogP contribution in [0.1, 0.15) is 45.4 Å². The summed E-state index contributed by atoms with van der Waals surface area (Å²) in [5, 5.41) is 13.4. The number of hydrogen-bond donors (Lipinski definition) is 3. The molecule has 1 saturated carbocycles. The molecule has 19 heavy (non-hydrogen) atoms. The molecule has 0 bridgehead atoms. The van der Waals surface area contributed by atoms with Gasteiger partial charge >= 0.3 is 12.0 Å². The lowest BCUT2D eigenvalue weighted by Gasteiger charge is -2.09. The zero-order valence-corrected chi connectivity index (χ0v) is 11.3. The Morgan fingerprint density at radius 3 is 2.53 bits per heavy atom. The van der Waals surface area contributed by atoms with Gasteiger partial charge in [-0.3, -0.25) is 14.9 Å². The molecule has 0 aromatic heterocycles. The molecule has 1 unspecified atom stereocenters. The van der Waals surface area contributed by atoms with Crippen molar-refractivity contribution >= 4 is 17.9 Å². The third-order valence-corrected chi connectivity index (χ3v) is 3.08. The molecule has 3 amide bonds. The zero-order chi connectivity index (χ0) is 14.3. The minimum absolute atomic E-state index is 0.0434. The Morgan fingerprint density at radius 1 is 1.26 bits per heavy atom. The summed E-state index contributed by atoms with van der Waals surface area (Å²) >= 11 is 0. The summed E-state index contributed by atoms with van der Waals surface area (Å²) in [4.78, 5) is 33.2. The van der Waals surface area contributed by atoms with Crippen LogP contribution in [0, 0.1) is 11.8 Å². The van der Waals surface area contributed by atoms with Crippen LogP contribution in [0.15, 0.2) is 0 Å². The van der Waals surface area contributed by atoms with Gasteiger partial charge in [-0.15, -0.1) is 0 Å². The smallest absolute Gasteiger partial charge is 0.321 e. The number of aliphatic carboxylic acids is 1. The lowest BCUT2D eigenvalue weighted by Crippen LogP contribution is -2.40. The van der Waals surface area contributed by atoms with Crippen LogP contribution in [0.5, 0.6) is 0 Å². The first-order valence-electron chi connectivity index (χ1n) is 6.77. The number of urea groups is 1. The second-order valence-corrected chi connectivity index (χ2v) is 5.30. The molecule has 1 aliphatic carbocycles. The van der Waals surface area contributed by atoms with Crippen molar-refractivity contribution in [2.24, 2.45) is 11.8 Å². The molecule has 3 N–H and O–H groups in total. The topological polar surface area (TPSA) is 95.5 Å². The number of hydrogen-bond acceptors (Lipinski definition) is 3. The molecule has 6 nitrogen and oxygen atoms in total. The van der Waals surface area contributed by atoms with Crippen LogP contribution in [-0.4, -0.2) is 29.6 Å². The average Bonchev–Trinajstić information content (AvgIpc) is 3.06. The fourth-order valence-corrected chi connectivity index (χ4v) is 1.91. The maximum absolute atomic E-state index is 11.4. The molecule has 1 fully saturated rings. The van der Waals surface area contributed by atoms with Gasteiger partial charge in [0.05, 0.1) is 0 Å². The first-order valence-corrected chi connectivity index (χ1v) is 6.77. The molecule has 0 aromatic carbocycles. The average molecular weight is 270 g/mol. The Bertz CT molecular complexity index is 340. The number of amides is 3. The monoisotopic (exact) mass is 270 g/mol. The van der Waals surface area contributed by atoms with Gasteiger partial charge in [0.2, 0.25) is 5.91 Å². The molecule has 108 valence electrons. The molecule has 0 saturated heterocycles. The van der Waals surface area contributed by atoms with Gasteiger partial charge < -0.3 is 10.4 Å². The van der Waals surface area contributed by atoms with Crippen molar-refractivity contribution in [1.82, 2.24) is 10.6 Å². The summed E-state index contributed by atoms with van der Waals surface area (Å²) in [5.74, 6) is -0.818. The van der Waals surface area contributed by atoms with Gasteiger partial charge in [-0.2, -0.15) is 0 Å². The maximum atomic E-state index is 11.4. The number of imide groups is 1. The first kappa shape index (κ1) is 15.5. The Balaban J connectivity index is 2.05. The van der Waals surface area contributed by atoms with E-state index < -0.39 is 17.9 Å². The van der Waals surface area contributed by atoms with Crippen molar-refractivity contribution < 1.29 is 19.5 Å². The lowest BCUT2D eigenvalue weighted by molar-refractivity contribution is -0.138. The summed E-state index contributed by atoms with van der Waals surface area (Å²) in [7, 11) is 0. The van der Waals surface area contributed by atoms with Crippen molar-refractivity contribution in [3.63, 3.8) is 0 Å². The normalized spacial score (nSPS) is 15.6. The second-order valence-electron chi connectivity index (χ2n) is 5.30. The summed E-state index contributed by atoms with van der Waals surface area (Å²) in [5.41, 5.74) is 0. The van der Waals surface area contributed by atoms with Gasteiger partial charge in [0.25, 0.3) is 0 Å². The Labute approximate surface area is 112 Å². The van der Waals surface area contributed by atoms with Crippen LogP contribution < -0.4 is 10.6 Å². The molecule has 0 radical (unpaired) electrons. The van der Waals surface area contributed by atoms with E-state index in [0.717, 1.165) is 18.8 Å². The number of carbonyl (C=O) groups excluding carboxylic acids is 2. The quantitative estimate of drug-likeness (QED) is 0.582. The fraction of sp³-hybridized carbons (Fsp3) is 0.769. The molecule has 1 rings (SSSR count). The Kier molecular flexibility index (Phi) is 6.32. The largest absolute Gasteiger partial charge is 0.481 e. The standard InChI is InChI=1S/C13H22N2O4/c1-9(8-12(17)18)7-11(16)15-13(19)14-6-2-3-10-4-5-10/h9-10H,2-8H2,1H3,(H,17,18)(H2,14,15,16,19). The predicted octanol–water partition coefficient (Wildman–Crippen LogP) is 1.50. The van der Waals surface area contributed by atoms with E-state index in [2.05, 4.69) is 10.6 Å². The molecule has 0 heterocycles. The van der Waals surface area contributed by atoms with Crippen LogP contribution in [-0.2, 0) is 9.59 Å². The molecule has 0 aliphatic heterocycles. The molecular formula is C13H22N2O4. The molecule has 6 heteroatoms. The van der Waals surface area contributed by atoms with Crippen molar-refractivity contribution in [2.45, 2.75) is 45.4 Å². The van der Waals surface area contributed by atoms with E-state index in [-0.39, 0.29) is 18.8 Å². The number of carboxylic acids is 1. The minimum atomic E-state index is -0.940. The van der Waals surface area contributed by atoms with E-state index in [4.69, 9.17) is 5.11 Å². The molecule has 1 atom stereocenters. The van der Waals surface area contributed by atoms with Crippen LogP contribution in [0.3, 0.4) is 0 Å². The second kappa shape index (κ2) is 7.76. The molecule has 1 aliphatic rings. The molecule has 0 spiro atoms. The molecule has 0 aromatic rings. The van der Waals surface area contributed by atoms with Crippen molar-refractivity contribution in [3.8, 4) is 0 Å². The Morgan fingerprint density at radius 2 is 1.95 bits per heavy atom. The summed E-state index contributed by atoms with van der Waals surface area (Å²) in [6.45, 7) is 2.24. The van der Waals surface area contributed by atoms with E-state index in [9.17, 15) is 14.4 Å². The molecular weight excluding hydrogens is 248 g/mol. The number of carboxylic acid groups (broad SMARTS) is 1. The summed E-state index contributed by atoms with van der Waals surface area (Å²) in [6, 6.07) is -0.497. The number of rotatable bonds is 8. The highest BCUT2D eigenvalue weighted by atomic mass is 16.4. The summed E-state index contributed by atoms with van der Waals surface area (Å²) < 4.78 is 0. The first-order chi connectivity index (χ1) is 8.97. The predicted molar refractivity (Wildman–Crippen MR) is 69.5 cm³/mol. The SMILES string of the molecule is CC(CC(=O)O)CC(=O)NC(=O)NCCCC1CC1. The van der Waals surface area contributed by atoms with Gasteiger partial charge in [0.1, 0.15) is 0 Å². The van der Waals surface area contributed by atoms with E-state index >= 15 is 0 Å². The Hall–Kier alpha value is -1.59. The van der Waals surface area contributed by atoms with E-state index in [0.29, 0.717) is 6.54 Å². The number of carbonyl (C=O) groups is 3. The van der Waals surface area contributed by atoms with Crippen LogP contribution in [0.4, 0.5) is 4.79 Å². The van der Waals surface area contributed by atoms with Crippen LogP contribution in [0.25, 0.3) is 0 Å². The van der Waals surface area contributed by atoms with E-state index in [1.807, 2.05) is 0 Å². The third kappa shape index (κ3) is 8.18. The number of nitrogens with one attached hydrogen (secondary N) is 2. The summed E-state index contributed by atoms with van der Waals surface area (Å²) in [6.07, 6.45) is 4.63. The van der Waals surface area contributed by atoms with Crippen LogP contribution in [0.2, 0.25) is 0 Å². The van der Waals surface area contributed by atoms with Gasteiger partial charge in [-0.25, -0.2) is 4.79 Å². The van der Waals surface area contributed by atoms with Crippen molar-refractivity contribution in [1.29, 1.82) is 0 Å². The van der Waals surface area contributed by atoms with Gasteiger partial charge in [-0.05, 0) is 24.7 Å². The van der Waals surface area contributed by atoms with E-state index in [1.54, 1.807) is 6.92 Å². The highest BCUT2D eigenvalue weighted by Crippen LogP contribution is 2.33. The van der Waals surface area contributed by atoms with Gasteiger partial charge in [0.15, 0.2) is 0 Å². The lowest BCUT2D eigenvalue weighted by atomic mass is 10.0. The fourth-order valence-electron chi connectivity index (χ4n) is 1.91. The highest BCUT2D eigenvalue weighted by molar-refractivity contribution is 5.94. The third-order valence-electron chi connectivity index (χ3n) is 3.08. The van der Waals surface area contributed by atoms with Gasteiger partial charge in [0, 0.05) is 19.4 Å². The maximum Gasteiger partial charge on any atom is 0.321 e.